The lowest BCUT2D eigenvalue weighted by Gasteiger charge is -2.35. The molecule has 19 heteroatoms. The van der Waals surface area contributed by atoms with Crippen LogP contribution in [0.25, 0.3) is 0 Å². The molecule has 3 aliphatic rings. The molecule has 3 heterocycles. The maximum absolute atomic E-state index is 13.9. The molecule has 0 saturated carbocycles. The van der Waals surface area contributed by atoms with Crippen LogP contribution in [0.1, 0.15) is 51.4 Å². The van der Waals surface area contributed by atoms with E-state index in [0.717, 1.165) is 0 Å². The zero-order valence-corrected chi connectivity index (χ0v) is 25.8. The van der Waals surface area contributed by atoms with Gasteiger partial charge in [0.15, 0.2) is 0 Å². The molecular weight excluding hydrogens is 626 g/mol. The van der Waals surface area contributed by atoms with E-state index < -0.39 is 110 Å². The molecule has 0 bridgehead atoms. The second kappa shape index (κ2) is 17.0. The topological polar surface area (TPSA) is 289 Å². The zero-order chi connectivity index (χ0) is 34.8. The Balaban J connectivity index is 1.71. The highest BCUT2D eigenvalue weighted by atomic mass is 16.4. The van der Waals surface area contributed by atoms with Crippen LogP contribution in [0.2, 0.25) is 0 Å². The van der Waals surface area contributed by atoms with Gasteiger partial charge in [-0.3, -0.25) is 33.6 Å². The fourth-order valence-electron chi connectivity index (χ4n) is 6.07. The summed E-state index contributed by atoms with van der Waals surface area (Å²) in [6.45, 7) is -1.55. The van der Waals surface area contributed by atoms with Gasteiger partial charge in [0.2, 0.25) is 35.4 Å². The third kappa shape index (κ3) is 9.35. The minimum atomic E-state index is -1.54. The molecule has 6 atom stereocenters. The number of carboxylic acids is 2. The quantitative estimate of drug-likeness (QED) is 0.0814. The second-order valence-electron chi connectivity index (χ2n) is 11.7. The van der Waals surface area contributed by atoms with Gasteiger partial charge >= 0.3 is 11.9 Å². The summed E-state index contributed by atoms with van der Waals surface area (Å²) >= 11 is 0. The Labute approximate surface area is 269 Å². The van der Waals surface area contributed by atoms with Gasteiger partial charge in [-0.1, -0.05) is 0 Å². The Morgan fingerprint density at radius 3 is 1.79 bits per heavy atom. The molecule has 3 saturated heterocycles. The molecule has 0 aromatic carbocycles. The normalized spacial score (nSPS) is 22.7. The minimum absolute atomic E-state index is 0.132. The number of hydrogen-bond donors (Lipinski definition) is 8. The van der Waals surface area contributed by atoms with Gasteiger partial charge in [-0.25, -0.2) is 4.79 Å². The summed E-state index contributed by atoms with van der Waals surface area (Å²) in [5.41, 5.74) is 5.40. The van der Waals surface area contributed by atoms with E-state index in [2.05, 4.69) is 16.0 Å². The van der Waals surface area contributed by atoms with E-state index >= 15 is 0 Å². The number of aliphatic carboxylic acids is 2. The first-order chi connectivity index (χ1) is 22.3. The molecule has 0 aromatic heterocycles. The van der Waals surface area contributed by atoms with E-state index in [-0.39, 0.29) is 38.9 Å². The highest BCUT2D eigenvalue weighted by molar-refractivity contribution is 5.97. The van der Waals surface area contributed by atoms with Gasteiger partial charge in [-0.15, -0.1) is 0 Å². The first-order valence-corrected chi connectivity index (χ1v) is 15.5. The monoisotopic (exact) mass is 669 g/mol. The van der Waals surface area contributed by atoms with Crippen LogP contribution in [0.3, 0.4) is 0 Å². The maximum atomic E-state index is 13.9. The van der Waals surface area contributed by atoms with E-state index in [9.17, 15) is 53.7 Å². The number of rotatable bonds is 15. The van der Waals surface area contributed by atoms with Crippen LogP contribution in [-0.2, 0) is 38.4 Å². The van der Waals surface area contributed by atoms with Gasteiger partial charge in [0.1, 0.15) is 36.3 Å². The van der Waals surface area contributed by atoms with Crippen LogP contribution >= 0.6 is 0 Å². The van der Waals surface area contributed by atoms with E-state index in [1.165, 1.54) is 14.7 Å². The highest BCUT2D eigenvalue weighted by Crippen LogP contribution is 2.29. The molecule has 47 heavy (non-hydrogen) atoms. The largest absolute Gasteiger partial charge is 0.481 e. The number of carboxylic acid groups (broad SMARTS) is 2. The van der Waals surface area contributed by atoms with Gasteiger partial charge in [0.25, 0.3) is 0 Å². The average Bonchev–Trinajstić information content (AvgIpc) is 3.83. The summed E-state index contributed by atoms with van der Waals surface area (Å²) in [6, 6.07) is -7.07. The molecule has 0 radical (unpaired) electrons. The standard InChI is InChI=1S/C28H43N7O12/c29-15(13-36)23(41)30-12-21(38)31-16(7-8-22(39)40)25(43)34-10-2-5-19(34)27(45)35-11-3-6-20(35)26(44)33-9-1-4-18(33)24(42)32-17(14-37)28(46)47/h15-20,36-37H,1-14,29H2,(H,30,41)(H,31,38)(H,32,42)(H,39,40)(H,46,47)/t15-,16-,17-,18-,19-,20-/m0/s1. The molecular formula is C28H43N7O12. The number of nitrogens with one attached hydrogen (secondary N) is 3. The molecule has 3 aliphatic heterocycles. The molecule has 0 aromatic rings. The van der Waals surface area contributed by atoms with Crippen molar-refractivity contribution < 1.29 is 58.8 Å². The number of hydrogen-bond acceptors (Lipinski definition) is 11. The summed E-state index contributed by atoms with van der Waals surface area (Å²) in [6.07, 6.45) is 1.40. The number of likely N-dealkylation sites (tertiary alicyclic amines) is 3. The van der Waals surface area contributed by atoms with Gasteiger partial charge in [-0.2, -0.15) is 0 Å². The molecule has 19 nitrogen and oxygen atoms in total. The summed E-state index contributed by atoms with van der Waals surface area (Å²) in [4.78, 5) is 105. The Hall–Kier alpha value is -4.36. The fraction of sp³-hybridized carbons (Fsp3) is 0.714. The van der Waals surface area contributed by atoms with Crippen molar-refractivity contribution in [2.75, 3.05) is 39.4 Å². The van der Waals surface area contributed by atoms with Crippen molar-refractivity contribution in [3.8, 4) is 0 Å². The summed E-state index contributed by atoms with van der Waals surface area (Å²) in [7, 11) is 0. The average molecular weight is 670 g/mol. The van der Waals surface area contributed by atoms with E-state index in [1.54, 1.807) is 0 Å². The minimum Gasteiger partial charge on any atom is -0.481 e. The number of carbonyl (C=O) groups excluding carboxylic acids is 6. The fourth-order valence-corrected chi connectivity index (χ4v) is 6.07. The smallest absolute Gasteiger partial charge is 0.328 e. The van der Waals surface area contributed by atoms with Gasteiger partial charge in [0.05, 0.1) is 19.8 Å². The molecule has 3 fully saturated rings. The van der Waals surface area contributed by atoms with E-state index in [1.807, 2.05) is 0 Å². The third-order valence-corrected chi connectivity index (χ3v) is 8.51. The van der Waals surface area contributed by atoms with Crippen LogP contribution in [0.4, 0.5) is 0 Å². The van der Waals surface area contributed by atoms with Crippen LogP contribution in [-0.4, -0.2) is 158 Å². The van der Waals surface area contributed by atoms with Gasteiger partial charge in [-0.05, 0) is 44.9 Å². The summed E-state index contributed by atoms with van der Waals surface area (Å²) in [5, 5.41) is 43.5. The number of nitrogens with two attached hydrogens (primary N) is 1. The van der Waals surface area contributed by atoms with E-state index in [0.29, 0.717) is 25.7 Å². The number of amides is 6. The van der Waals surface area contributed by atoms with Crippen molar-refractivity contribution in [1.29, 1.82) is 0 Å². The summed E-state index contributed by atoms with van der Waals surface area (Å²) in [5.74, 6) is -6.73. The van der Waals surface area contributed by atoms with Gasteiger partial charge in [0, 0.05) is 26.1 Å². The molecule has 3 rings (SSSR count). The predicted molar refractivity (Wildman–Crippen MR) is 158 cm³/mol. The van der Waals surface area contributed by atoms with Crippen LogP contribution in [0.15, 0.2) is 0 Å². The highest BCUT2D eigenvalue weighted by Gasteiger charge is 2.46. The number of nitrogens with zero attached hydrogens (tertiary/aromatic N) is 3. The summed E-state index contributed by atoms with van der Waals surface area (Å²) < 4.78 is 0. The van der Waals surface area contributed by atoms with Crippen LogP contribution in [0, 0.1) is 0 Å². The van der Waals surface area contributed by atoms with Crippen molar-refractivity contribution in [2.45, 2.75) is 87.6 Å². The van der Waals surface area contributed by atoms with E-state index in [4.69, 9.17) is 10.8 Å². The van der Waals surface area contributed by atoms with Crippen LogP contribution in [0.5, 0.6) is 0 Å². The Kier molecular flexibility index (Phi) is 13.4. The molecule has 6 amide bonds. The Morgan fingerprint density at radius 2 is 1.26 bits per heavy atom. The SMILES string of the molecule is N[C@@H](CO)C(=O)NCC(=O)N[C@@H](CCC(=O)O)C(=O)N1CCC[C@H]1C(=O)N1CCC[C@H]1C(=O)N1CCC[C@H]1C(=O)N[C@@H](CO)C(=O)O. The number of aliphatic hydroxyl groups is 2. The number of aliphatic hydroxyl groups excluding tert-OH is 2. The molecule has 0 unspecified atom stereocenters. The first-order valence-electron chi connectivity index (χ1n) is 15.5. The Morgan fingerprint density at radius 1 is 0.723 bits per heavy atom. The maximum Gasteiger partial charge on any atom is 0.328 e. The lowest BCUT2D eigenvalue weighted by atomic mass is 10.1. The van der Waals surface area contributed by atoms with Gasteiger partial charge < -0.3 is 56.8 Å². The number of carbonyl (C=O) groups is 8. The molecule has 0 spiro atoms. The van der Waals surface area contributed by atoms with Crippen LogP contribution < -0.4 is 21.7 Å². The first kappa shape index (κ1) is 37.1. The molecule has 262 valence electrons. The van der Waals surface area contributed by atoms with Crippen molar-refractivity contribution in [3.05, 3.63) is 0 Å². The van der Waals surface area contributed by atoms with Crippen molar-refractivity contribution in [3.63, 3.8) is 0 Å². The second-order valence-corrected chi connectivity index (χ2v) is 11.7. The van der Waals surface area contributed by atoms with Crippen molar-refractivity contribution >= 4 is 47.4 Å². The molecule has 0 aliphatic carbocycles. The lowest BCUT2D eigenvalue weighted by Crippen LogP contribution is -2.58. The lowest BCUT2D eigenvalue weighted by molar-refractivity contribution is -0.151. The third-order valence-electron chi connectivity index (χ3n) is 8.51. The Bertz CT molecular complexity index is 1230. The molecule has 9 N–H and O–H groups in total. The zero-order valence-electron chi connectivity index (χ0n) is 25.8. The van der Waals surface area contributed by atoms with Crippen molar-refractivity contribution in [2.24, 2.45) is 5.73 Å². The van der Waals surface area contributed by atoms with Crippen molar-refractivity contribution in [1.82, 2.24) is 30.7 Å². The predicted octanol–water partition coefficient (Wildman–Crippen LogP) is -4.69.